The van der Waals surface area contributed by atoms with Crippen molar-refractivity contribution in [1.82, 2.24) is 0 Å². The first-order chi connectivity index (χ1) is 22.1. The van der Waals surface area contributed by atoms with Crippen molar-refractivity contribution in [3.05, 3.63) is 0 Å². The molecule has 0 radical (unpaired) electrons. The molecule has 5 aliphatic carbocycles. The van der Waals surface area contributed by atoms with E-state index in [9.17, 15) is 30.3 Å². The fourth-order valence-electron chi connectivity index (χ4n) is 13.6. The van der Waals surface area contributed by atoms with Crippen LogP contribution in [0.4, 0.5) is 0 Å². The molecule has 0 aromatic rings. The van der Waals surface area contributed by atoms with E-state index in [0.29, 0.717) is 18.9 Å². The zero-order valence-electron chi connectivity index (χ0n) is 30.1. The number of hydrogen-bond donors (Lipinski definition) is 6. The van der Waals surface area contributed by atoms with Gasteiger partial charge in [0.15, 0.2) is 18.2 Å². The molecule has 7 rings (SSSR count). The van der Waals surface area contributed by atoms with Gasteiger partial charge in [0.2, 0.25) is 0 Å². The number of nitrogens with two attached hydrogens (primary N) is 1. The molecule has 0 aromatic heterocycles. The predicted molar refractivity (Wildman–Crippen MR) is 174 cm³/mol. The van der Waals surface area contributed by atoms with E-state index in [4.69, 9.17) is 24.7 Å². The Bertz CT molecular complexity index is 1300. The minimum absolute atomic E-state index is 0.0224. The first kappa shape index (κ1) is 35.5. The summed E-state index contributed by atoms with van der Waals surface area (Å²) in [7, 11) is 0. The van der Waals surface area contributed by atoms with Crippen LogP contribution in [-0.2, 0) is 23.7 Å². The molecule has 17 atom stereocenters. The number of aliphatic hydroxyl groups excluding tert-OH is 3. The summed E-state index contributed by atoms with van der Waals surface area (Å²) in [6.07, 6.45) is 0.469. The molecule has 7 N–H and O–H groups in total. The van der Waals surface area contributed by atoms with Gasteiger partial charge < -0.3 is 50.2 Å². The van der Waals surface area contributed by atoms with E-state index >= 15 is 0 Å². The van der Waals surface area contributed by atoms with Crippen LogP contribution in [0, 0.1) is 51.2 Å². The summed E-state index contributed by atoms with van der Waals surface area (Å²) in [5.41, 5.74) is 4.26. The van der Waals surface area contributed by atoms with Gasteiger partial charge in [0.05, 0.1) is 30.0 Å². The molecule has 0 amide bonds. The maximum absolute atomic E-state index is 12.5. The van der Waals surface area contributed by atoms with E-state index in [-0.39, 0.29) is 40.1 Å². The molecular weight excluding hydrogens is 618 g/mol. The van der Waals surface area contributed by atoms with Crippen LogP contribution >= 0.6 is 0 Å². The van der Waals surface area contributed by atoms with Crippen molar-refractivity contribution in [3.8, 4) is 0 Å². The molecule has 274 valence electrons. The van der Waals surface area contributed by atoms with E-state index in [1.807, 2.05) is 6.92 Å². The Morgan fingerprint density at radius 3 is 2.25 bits per heavy atom. The number of carbonyl (C=O) groups excluding carboxylic acids is 1. The van der Waals surface area contributed by atoms with Crippen molar-refractivity contribution in [2.24, 2.45) is 57.0 Å². The Labute approximate surface area is 285 Å². The van der Waals surface area contributed by atoms with Crippen molar-refractivity contribution >= 4 is 5.97 Å². The predicted octanol–water partition coefficient (Wildman–Crippen LogP) is 2.61. The molecule has 5 saturated carbocycles. The van der Waals surface area contributed by atoms with Crippen molar-refractivity contribution < 1.29 is 49.3 Å². The zero-order valence-corrected chi connectivity index (χ0v) is 30.1. The van der Waals surface area contributed by atoms with Crippen molar-refractivity contribution in [2.45, 2.75) is 167 Å². The lowest BCUT2D eigenvalue weighted by Crippen LogP contribution is -2.70. The van der Waals surface area contributed by atoms with Gasteiger partial charge in [-0.05, 0) is 105 Å². The summed E-state index contributed by atoms with van der Waals surface area (Å²) in [6, 6.07) is 0. The first-order valence-corrected chi connectivity index (χ1v) is 18.5. The third-order valence-corrected chi connectivity index (χ3v) is 15.7. The van der Waals surface area contributed by atoms with Crippen molar-refractivity contribution in [1.29, 1.82) is 0 Å². The smallest absolute Gasteiger partial charge is 0.303 e. The van der Waals surface area contributed by atoms with Crippen LogP contribution in [-0.4, -0.2) is 97.9 Å². The van der Waals surface area contributed by atoms with E-state index in [1.54, 1.807) is 13.8 Å². The molecule has 2 saturated heterocycles. The Balaban J connectivity index is 1.17. The number of aliphatic hydroxyl groups is 5. The van der Waals surface area contributed by atoms with Crippen molar-refractivity contribution in [3.63, 3.8) is 0 Å². The lowest BCUT2D eigenvalue weighted by molar-refractivity contribution is -0.341. The second-order valence-electron chi connectivity index (χ2n) is 18.9. The number of esters is 1. The fraction of sp³-hybridized carbons (Fsp3) is 0.973. The highest BCUT2D eigenvalue weighted by atomic mass is 16.7. The van der Waals surface area contributed by atoms with Gasteiger partial charge in [0.25, 0.3) is 0 Å². The van der Waals surface area contributed by atoms with Gasteiger partial charge >= 0.3 is 5.97 Å². The molecule has 11 nitrogen and oxygen atoms in total. The van der Waals surface area contributed by atoms with Crippen LogP contribution in [0.5, 0.6) is 0 Å². The van der Waals surface area contributed by atoms with Crippen molar-refractivity contribution in [2.75, 3.05) is 6.61 Å². The van der Waals surface area contributed by atoms with Crippen LogP contribution in [0.2, 0.25) is 0 Å². The molecule has 0 aromatic carbocycles. The normalized spacial score (nSPS) is 56.1. The molecule has 7 aliphatic rings. The summed E-state index contributed by atoms with van der Waals surface area (Å²) in [6.45, 7) is 15.4. The third-order valence-electron chi connectivity index (χ3n) is 15.7. The summed E-state index contributed by atoms with van der Waals surface area (Å²) in [5.74, 6) is -2.91. The molecule has 0 bridgehead atoms. The van der Waals surface area contributed by atoms with Crippen LogP contribution in [0.15, 0.2) is 0 Å². The summed E-state index contributed by atoms with van der Waals surface area (Å²) >= 11 is 0. The minimum Gasteiger partial charge on any atom is -0.457 e. The lowest BCUT2D eigenvalue weighted by Gasteiger charge is -2.63. The second-order valence-corrected chi connectivity index (χ2v) is 18.9. The highest BCUT2D eigenvalue weighted by Gasteiger charge is 2.87. The van der Waals surface area contributed by atoms with E-state index in [0.717, 1.165) is 44.9 Å². The molecule has 7 fully saturated rings. The number of rotatable bonds is 5. The number of carbonyl (C=O) groups is 1. The standard InChI is InChI=1S/C37H61NO10/c1-18-15-21(28(32(6,7)43)46-20(3)39)48-37(44)27(18)33(8)13-14-35-17-34(35)12-11-24(47-29-26(41)25(40)19(2)16-45-29)31(4,5)22(34)9-10-23(35)36(33,38)30(37)42/h18-19,21-30,40-44H,9-17,38H2,1-8H3/t18-,19?,21?,22+,23?,24+,25+,26-,27-,28+,29+,30-,33-,34-,35+,36+,37-/m1/s1. The average molecular weight is 680 g/mol. The molecule has 48 heavy (non-hydrogen) atoms. The highest BCUT2D eigenvalue weighted by Crippen LogP contribution is 2.88. The van der Waals surface area contributed by atoms with E-state index in [1.165, 1.54) is 6.92 Å². The van der Waals surface area contributed by atoms with Gasteiger partial charge in [-0.2, -0.15) is 0 Å². The fourth-order valence-corrected chi connectivity index (χ4v) is 13.6. The average Bonchev–Trinajstić information content (AvgIpc) is 3.62. The summed E-state index contributed by atoms with van der Waals surface area (Å²) < 4.78 is 24.5. The van der Waals surface area contributed by atoms with Gasteiger partial charge in [0.1, 0.15) is 18.3 Å². The maximum Gasteiger partial charge on any atom is 0.303 e. The van der Waals surface area contributed by atoms with Gasteiger partial charge in [-0.15, -0.1) is 0 Å². The second kappa shape index (κ2) is 10.8. The molecule has 2 heterocycles. The first-order valence-electron chi connectivity index (χ1n) is 18.5. The van der Waals surface area contributed by atoms with Gasteiger partial charge in [-0.1, -0.05) is 34.6 Å². The monoisotopic (exact) mass is 679 g/mol. The van der Waals surface area contributed by atoms with Gasteiger partial charge in [-0.3, -0.25) is 4.79 Å². The number of ether oxygens (including phenoxy) is 4. The number of fused-ring (bicyclic) bond motifs is 4. The third kappa shape index (κ3) is 4.41. The van der Waals surface area contributed by atoms with E-state index < -0.39 is 71.0 Å². The van der Waals surface area contributed by atoms with Gasteiger partial charge in [-0.25, -0.2) is 0 Å². The lowest BCUT2D eigenvalue weighted by atomic mass is 9.43. The zero-order chi connectivity index (χ0) is 35.2. The quantitative estimate of drug-likeness (QED) is 0.186. The largest absolute Gasteiger partial charge is 0.457 e. The summed E-state index contributed by atoms with van der Waals surface area (Å²) in [4.78, 5) is 12.1. The Hall–Kier alpha value is -0.890. The molecular formula is C37H61NO10. The Kier molecular flexibility index (Phi) is 8.01. The van der Waals surface area contributed by atoms with Crippen LogP contribution in [0.1, 0.15) is 107 Å². The molecule has 2 spiro atoms. The molecule has 3 unspecified atom stereocenters. The SMILES string of the molecule is CC(=O)O[C@@H](C1C[C@@H](C)[C@H]2[C@@](O)(O1)[C@H](O)[C@@]1(N)C3CC[C@H]4C(C)(C)[C@@H](O[C@@H]5OCC(C)[C@H](O)[C@H]5O)CC[C@@]45C[C@@]35CC[C@]21C)C(C)(C)O. The Morgan fingerprint density at radius 1 is 0.958 bits per heavy atom. The highest BCUT2D eigenvalue weighted by molar-refractivity contribution is 5.66. The van der Waals surface area contributed by atoms with Crippen LogP contribution < -0.4 is 5.73 Å². The van der Waals surface area contributed by atoms with Crippen LogP contribution in [0.25, 0.3) is 0 Å². The molecule has 2 aliphatic heterocycles. The Morgan fingerprint density at radius 2 is 1.60 bits per heavy atom. The topological polar surface area (TPSA) is 181 Å². The summed E-state index contributed by atoms with van der Waals surface area (Å²) in [5, 5.41) is 57.2. The van der Waals surface area contributed by atoms with E-state index in [2.05, 4.69) is 27.7 Å². The van der Waals surface area contributed by atoms with Gasteiger partial charge in [0, 0.05) is 18.8 Å². The molecule has 11 heteroatoms. The number of hydrogen-bond acceptors (Lipinski definition) is 11. The minimum atomic E-state index is -1.96. The maximum atomic E-state index is 12.5. The van der Waals surface area contributed by atoms with Crippen LogP contribution in [0.3, 0.4) is 0 Å².